The predicted molar refractivity (Wildman–Crippen MR) is 156 cm³/mol. The zero-order valence-electron chi connectivity index (χ0n) is 22.5. The number of aryl methyl sites for hydroxylation is 1. The molecule has 1 saturated heterocycles. The van der Waals surface area contributed by atoms with E-state index in [0.717, 1.165) is 44.0 Å². The van der Waals surface area contributed by atoms with Crippen molar-refractivity contribution in [3.8, 4) is 11.3 Å². The minimum atomic E-state index is -0.435. The van der Waals surface area contributed by atoms with Crippen LogP contribution in [0, 0.1) is 17.0 Å². The predicted octanol–water partition coefficient (Wildman–Crippen LogP) is 5.10. The maximum absolute atomic E-state index is 13.0. The van der Waals surface area contributed by atoms with E-state index >= 15 is 0 Å². The van der Waals surface area contributed by atoms with E-state index in [1.54, 1.807) is 24.4 Å². The molecule has 0 atom stereocenters. The summed E-state index contributed by atoms with van der Waals surface area (Å²) in [5.74, 6) is 0.149. The van der Waals surface area contributed by atoms with Crippen LogP contribution < -0.4 is 10.6 Å². The standard InChI is InChI=1S/C30H31N7O3/c1-21-6-11-25(32-29(38)23-9-7-22(8-10-23)20-36-16-14-35(2)15-17-36)19-28(21)34-30-31-13-12-27(33-30)24-4-3-5-26(18-24)37(39)40/h3-13,18-19H,14-17,20H2,1-2H3,(H,32,38)(H,31,33,34). The minimum Gasteiger partial charge on any atom is -0.324 e. The first-order valence-corrected chi connectivity index (χ1v) is 13.1. The lowest BCUT2D eigenvalue weighted by atomic mass is 10.1. The van der Waals surface area contributed by atoms with Crippen LogP contribution in [0.15, 0.2) is 79.0 Å². The van der Waals surface area contributed by atoms with Gasteiger partial charge in [-0.3, -0.25) is 19.8 Å². The first kappa shape index (κ1) is 26.9. The van der Waals surface area contributed by atoms with Crippen molar-refractivity contribution in [2.24, 2.45) is 0 Å². The van der Waals surface area contributed by atoms with Gasteiger partial charge in [0, 0.05) is 73.6 Å². The Morgan fingerprint density at radius 1 is 1.00 bits per heavy atom. The Balaban J connectivity index is 1.25. The van der Waals surface area contributed by atoms with Crippen LogP contribution in [0.3, 0.4) is 0 Å². The Labute approximate surface area is 232 Å². The van der Waals surface area contributed by atoms with E-state index in [4.69, 9.17) is 0 Å². The van der Waals surface area contributed by atoms with Gasteiger partial charge in [-0.1, -0.05) is 30.3 Å². The molecule has 4 aromatic rings. The fraction of sp³-hybridized carbons (Fsp3) is 0.233. The van der Waals surface area contributed by atoms with Crippen LogP contribution in [0.25, 0.3) is 11.3 Å². The second-order valence-corrected chi connectivity index (χ2v) is 9.96. The molecule has 1 amide bonds. The van der Waals surface area contributed by atoms with Gasteiger partial charge in [-0.25, -0.2) is 9.97 Å². The lowest BCUT2D eigenvalue weighted by Crippen LogP contribution is -2.43. The number of likely N-dealkylation sites (N-methyl/N-ethyl adjacent to an activating group) is 1. The fourth-order valence-corrected chi connectivity index (χ4v) is 4.54. The first-order valence-electron chi connectivity index (χ1n) is 13.1. The van der Waals surface area contributed by atoms with Gasteiger partial charge >= 0.3 is 0 Å². The second-order valence-electron chi connectivity index (χ2n) is 9.96. The number of nitro benzene ring substituents is 1. The smallest absolute Gasteiger partial charge is 0.270 e. The number of amides is 1. The monoisotopic (exact) mass is 537 g/mol. The van der Waals surface area contributed by atoms with Crippen molar-refractivity contribution < 1.29 is 9.72 Å². The van der Waals surface area contributed by atoms with Crippen molar-refractivity contribution in [3.63, 3.8) is 0 Å². The molecule has 204 valence electrons. The summed E-state index contributed by atoms with van der Waals surface area (Å²) in [6, 6.07) is 21.3. The van der Waals surface area contributed by atoms with E-state index in [9.17, 15) is 14.9 Å². The molecule has 0 unspecified atom stereocenters. The third kappa shape index (κ3) is 6.66. The summed E-state index contributed by atoms with van der Waals surface area (Å²) in [6.45, 7) is 7.07. The lowest BCUT2D eigenvalue weighted by molar-refractivity contribution is -0.384. The summed E-state index contributed by atoms with van der Waals surface area (Å²) in [4.78, 5) is 37.3. The largest absolute Gasteiger partial charge is 0.324 e. The van der Waals surface area contributed by atoms with Gasteiger partial charge in [0.2, 0.25) is 5.95 Å². The maximum atomic E-state index is 13.0. The molecule has 10 nitrogen and oxygen atoms in total. The van der Waals surface area contributed by atoms with Gasteiger partial charge < -0.3 is 15.5 Å². The number of benzene rings is 3. The first-order chi connectivity index (χ1) is 19.3. The number of piperazine rings is 1. The SMILES string of the molecule is Cc1ccc(NC(=O)c2ccc(CN3CCN(C)CC3)cc2)cc1Nc1nccc(-c2cccc([N+](=O)[O-])c2)n1. The summed E-state index contributed by atoms with van der Waals surface area (Å²) in [5, 5.41) is 17.3. The van der Waals surface area contributed by atoms with E-state index in [-0.39, 0.29) is 11.6 Å². The van der Waals surface area contributed by atoms with Crippen LogP contribution in [-0.4, -0.2) is 63.8 Å². The Morgan fingerprint density at radius 3 is 2.52 bits per heavy atom. The number of hydrogen-bond donors (Lipinski definition) is 2. The fourth-order valence-electron chi connectivity index (χ4n) is 4.54. The Kier molecular flexibility index (Phi) is 8.09. The second kappa shape index (κ2) is 12.0. The van der Waals surface area contributed by atoms with Crippen molar-refractivity contribution in [1.29, 1.82) is 0 Å². The van der Waals surface area contributed by atoms with E-state index in [0.29, 0.717) is 28.5 Å². The van der Waals surface area contributed by atoms with Gasteiger partial charge in [-0.05, 0) is 55.4 Å². The zero-order chi connectivity index (χ0) is 28.1. The number of nitro groups is 1. The van der Waals surface area contributed by atoms with Gasteiger partial charge in [0.05, 0.1) is 10.6 Å². The summed E-state index contributed by atoms with van der Waals surface area (Å²) in [5.41, 5.74) is 5.25. The number of carbonyl (C=O) groups excluding carboxylic acids is 1. The van der Waals surface area contributed by atoms with Crippen LogP contribution in [0.5, 0.6) is 0 Å². The van der Waals surface area contributed by atoms with Crippen molar-refractivity contribution >= 4 is 28.9 Å². The Hall–Kier alpha value is -4.67. The van der Waals surface area contributed by atoms with E-state index in [2.05, 4.69) is 37.4 Å². The molecule has 1 aliphatic rings. The number of aromatic nitrogens is 2. The van der Waals surface area contributed by atoms with Crippen LogP contribution in [0.4, 0.5) is 23.0 Å². The van der Waals surface area contributed by atoms with Gasteiger partial charge in [-0.15, -0.1) is 0 Å². The highest BCUT2D eigenvalue weighted by Crippen LogP contribution is 2.26. The van der Waals surface area contributed by atoms with Crippen molar-refractivity contribution in [1.82, 2.24) is 19.8 Å². The summed E-state index contributed by atoms with van der Waals surface area (Å²) in [6.07, 6.45) is 1.60. The minimum absolute atomic E-state index is 0.00502. The van der Waals surface area contributed by atoms with E-state index in [1.165, 1.54) is 17.7 Å². The highest BCUT2D eigenvalue weighted by Gasteiger charge is 2.15. The molecule has 0 aliphatic carbocycles. The molecule has 3 aromatic carbocycles. The highest BCUT2D eigenvalue weighted by molar-refractivity contribution is 6.04. The molecular formula is C30H31N7O3. The third-order valence-corrected chi connectivity index (χ3v) is 6.97. The molecule has 0 saturated carbocycles. The number of rotatable bonds is 8. The number of nitrogens with zero attached hydrogens (tertiary/aromatic N) is 5. The van der Waals surface area contributed by atoms with Gasteiger partial charge in [0.1, 0.15) is 0 Å². The number of carbonyl (C=O) groups is 1. The van der Waals surface area contributed by atoms with Gasteiger partial charge in [-0.2, -0.15) is 0 Å². The molecule has 2 N–H and O–H groups in total. The Bertz CT molecular complexity index is 1520. The quantitative estimate of drug-likeness (QED) is 0.235. The molecule has 10 heteroatoms. The average Bonchev–Trinajstić information content (AvgIpc) is 2.96. The molecule has 1 aliphatic heterocycles. The normalized spacial score (nSPS) is 14.1. The summed E-state index contributed by atoms with van der Waals surface area (Å²) < 4.78 is 0. The van der Waals surface area contributed by atoms with E-state index in [1.807, 2.05) is 49.4 Å². The maximum Gasteiger partial charge on any atom is 0.270 e. The molecule has 0 bridgehead atoms. The average molecular weight is 538 g/mol. The number of anilines is 3. The van der Waals surface area contributed by atoms with Crippen molar-refractivity contribution in [3.05, 3.63) is 106 Å². The number of hydrogen-bond acceptors (Lipinski definition) is 8. The van der Waals surface area contributed by atoms with Crippen LogP contribution in [-0.2, 0) is 6.54 Å². The molecule has 2 heterocycles. The molecule has 1 fully saturated rings. The van der Waals surface area contributed by atoms with Gasteiger partial charge in [0.25, 0.3) is 11.6 Å². The van der Waals surface area contributed by atoms with Crippen molar-refractivity contribution in [2.75, 3.05) is 43.9 Å². The molecular weight excluding hydrogens is 506 g/mol. The highest BCUT2D eigenvalue weighted by atomic mass is 16.6. The number of nitrogens with one attached hydrogen (secondary N) is 2. The van der Waals surface area contributed by atoms with Crippen molar-refractivity contribution in [2.45, 2.75) is 13.5 Å². The van der Waals surface area contributed by atoms with Crippen LogP contribution >= 0.6 is 0 Å². The molecule has 0 radical (unpaired) electrons. The summed E-state index contributed by atoms with van der Waals surface area (Å²) >= 11 is 0. The topological polar surface area (TPSA) is 117 Å². The molecule has 1 aromatic heterocycles. The Morgan fingerprint density at radius 2 is 1.77 bits per heavy atom. The summed E-state index contributed by atoms with van der Waals surface area (Å²) in [7, 11) is 2.15. The molecule has 40 heavy (non-hydrogen) atoms. The molecule has 0 spiro atoms. The van der Waals surface area contributed by atoms with Gasteiger partial charge in [0.15, 0.2) is 0 Å². The lowest BCUT2D eigenvalue weighted by Gasteiger charge is -2.32. The van der Waals surface area contributed by atoms with Crippen LogP contribution in [0.2, 0.25) is 0 Å². The zero-order valence-corrected chi connectivity index (χ0v) is 22.5. The number of non-ortho nitro benzene ring substituents is 1. The van der Waals surface area contributed by atoms with E-state index < -0.39 is 4.92 Å². The van der Waals surface area contributed by atoms with Crippen LogP contribution in [0.1, 0.15) is 21.5 Å². The third-order valence-electron chi connectivity index (χ3n) is 6.97. The molecule has 5 rings (SSSR count).